The van der Waals surface area contributed by atoms with E-state index in [1.807, 2.05) is 37.3 Å². The lowest BCUT2D eigenvalue weighted by Gasteiger charge is -2.14. The molecule has 0 aromatic heterocycles. The van der Waals surface area contributed by atoms with Crippen molar-refractivity contribution in [3.63, 3.8) is 0 Å². The Morgan fingerprint density at radius 2 is 1.81 bits per heavy atom. The van der Waals surface area contributed by atoms with E-state index < -0.39 is 28.3 Å². The van der Waals surface area contributed by atoms with Crippen LogP contribution in [0.3, 0.4) is 0 Å². The molecule has 0 aliphatic heterocycles. The number of amides is 1. The minimum absolute atomic E-state index is 0.0421. The Bertz CT molecular complexity index is 912. The molecule has 0 unspecified atom stereocenters. The summed E-state index contributed by atoms with van der Waals surface area (Å²) in [5.74, 6) is -1.35. The molecule has 8 heteroatoms. The molecule has 2 aromatic rings. The smallest absolute Gasteiger partial charge is 0.340 e. The highest BCUT2D eigenvalue weighted by molar-refractivity contribution is 7.90. The van der Waals surface area contributed by atoms with Gasteiger partial charge in [0, 0.05) is 6.26 Å². The summed E-state index contributed by atoms with van der Waals surface area (Å²) in [4.78, 5) is 24.0. The molecule has 1 N–H and O–H groups in total. The number of hydrogen-bond acceptors (Lipinski definition) is 5. The van der Waals surface area contributed by atoms with Gasteiger partial charge in [-0.05, 0) is 30.7 Å². The topological polar surface area (TPSA) is 89.5 Å². The third kappa shape index (κ3) is 5.31. The lowest BCUT2D eigenvalue weighted by Crippen LogP contribution is -2.31. The number of carbonyl (C=O) groups is 2. The number of hydrogen-bond donors (Lipinski definition) is 1. The van der Waals surface area contributed by atoms with Gasteiger partial charge in [0.2, 0.25) is 0 Å². The molecule has 0 saturated heterocycles. The van der Waals surface area contributed by atoms with E-state index >= 15 is 0 Å². The Kier molecular flexibility index (Phi) is 6.39. The zero-order valence-electron chi connectivity index (χ0n) is 14.2. The van der Waals surface area contributed by atoms with Gasteiger partial charge >= 0.3 is 5.97 Å². The number of nitrogens with one attached hydrogen (secondary N) is 1. The van der Waals surface area contributed by atoms with Crippen molar-refractivity contribution in [3.05, 3.63) is 64.7 Å². The summed E-state index contributed by atoms with van der Waals surface area (Å²) in [5, 5.41) is 2.75. The fraction of sp³-hybridized carbons (Fsp3) is 0.222. The van der Waals surface area contributed by atoms with Crippen LogP contribution in [-0.2, 0) is 19.4 Å². The monoisotopic (exact) mass is 395 g/mol. The Labute approximate surface area is 157 Å². The van der Waals surface area contributed by atoms with E-state index in [-0.39, 0.29) is 21.5 Å². The third-order valence-corrected chi connectivity index (χ3v) is 5.04. The van der Waals surface area contributed by atoms with Gasteiger partial charge in [0.1, 0.15) is 0 Å². The molecule has 138 valence electrons. The number of carbonyl (C=O) groups excluding carboxylic acids is 2. The van der Waals surface area contributed by atoms with Crippen LogP contribution in [0.5, 0.6) is 0 Å². The molecule has 26 heavy (non-hydrogen) atoms. The molecule has 6 nitrogen and oxygen atoms in total. The fourth-order valence-electron chi connectivity index (χ4n) is 2.21. The lowest BCUT2D eigenvalue weighted by atomic mass is 10.1. The normalized spacial score (nSPS) is 12.3. The first kappa shape index (κ1) is 19.9. The van der Waals surface area contributed by atoms with E-state index in [0.29, 0.717) is 0 Å². The molecule has 0 aliphatic carbocycles. The van der Waals surface area contributed by atoms with Gasteiger partial charge in [0.15, 0.2) is 16.4 Å². The number of rotatable bonds is 6. The van der Waals surface area contributed by atoms with Crippen LogP contribution in [0.1, 0.15) is 28.9 Å². The predicted molar refractivity (Wildman–Crippen MR) is 97.8 cm³/mol. The van der Waals surface area contributed by atoms with Crippen molar-refractivity contribution in [1.29, 1.82) is 0 Å². The maximum Gasteiger partial charge on any atom is 0.340 e. The van der Waals surface area contributed by atoms with E-state index in [1.54, 1.807) is 0 Å². The van der Waals surface area contributed by atoms with Gasteiger partial charge in [-0.3, -0.25) is 4.79 Å². The maximum atomic E-state index is 12.1. The Balaban J connectivity index is 1.99. The quantitative estimate of drug-likeness (QED) is 0.759. The van der Waals surface area contributed by atoms with Gasteiger partial charge in [0.25, 0.3) is 5.91 Å². The van der Waals surface area contributed by atoms with Gasteiger partial charge < -0.3 is 10.1 Å². The van der Waals surface area contributed by atoms with Gasteiger partial charge in [-0.2, -0.15) is 0 Å². The van der Waals surface area contributed by atoms with Crippen LogP contribution in [0.4, 0.5) is 0 Å². The van der Waals surface area contributed by atoms with Gasteiger partial charge in [-0.25, -0.2) is 13.2 Å². The molecular weight excluding hydrogens is 378 g/mol. The van der Waals surface area contributed by atoms with Crippen LogP contribution >= 0.6 is 11.6 Å². The zero-order valence-corrected chi connectivity index (χ0v) is 15.8. The summed E-state index contributed by atoms with van der Waals surface area (Å²) >= 11 is 5.92. The van der Waals surface area contributed by atoms with Crippen molar-refractivity contribution >= 4 is 33.3 Å². The maximum absolute atomic E-state index is 12.1. The minimum atomic E-state index is -3.50. The van der Waals surface area contributed by atoms with Gasteiger partial charge in [-0.15, -0.1) is 0 Å². The summed E-state index contributed by atoms with van der Waals surface area (Å²) in [7, 11) is -3.50. The molecular formula is C18H18ClNO5S. The number of ether oxygens (including phenoxy) is 1. The van der Waals surface area contributed by atoms with Crippen molar-refractivity contribution in [2.45, 2.75) is 17.9 Å². The second-order valence-corrected chi connectivity index (χ2v) is 8.11. The van der Waals surface area contributed by atoms with Crippen LogP contribution in [0.25, 0.3) is 0 Å². The molecule has 0 aliphatic rings. The van der Waals surface area contributed by atoms with Crippen molar-refractivity contribution in [3.8, 4) is 0 Å². The Hall–Kier alpha value is -2.38. The van der Waals surface area contributed by atoms with Crippen molar-refractivity contribution < 1.29 is 22.7 Å². The SMILES string of the molecule is C[C@@H](NC(=O)COC(=O)c1cc(S(C)(=O)=O)ccc1Cl)c1ccccc1. The molecule has 0 radical (unpaired) electrons. The lowest BCUT2D eigenvalue weighted by molar-refractivity contribution is -0.124. The molecule has 1 atom stereocenters. The molecule has 0 bridgehead atoms. The van der Waals surface area contributed by atoms with E-state index in [1.165, 1.54) is 12.1 Å². The highest BCUT2D eigenvalue weighted by Crippen LogP contribution is 2.21. The molecule has 0 heterocycles. The standard InChI is InChI=1S/C18H18ClNO5S/c1-12(13-6-4-3-5-7-13)20-17(21)11-25-18(22)15-10-14(26(2,23)24)8-9-16(15)19/h3-10,12H,11H2,1-2H3,(H,20,21)/t12-/m1/s1. The highest BCUT2D eigenvalue weighted by Gasteiger charge is 2.18. The molecule has 2 rings (SSSR count). The second kappa shape index (κ2) is 8.33. The van der Waals surface area contributed by atoms with E-state index in [2.05, 4.69) is 5.32 Å². The number of benzene rings is 2. The largest absolute Gasteiger partial charge is 0.452 e. The van der Waals surface area contributed by atoms with Crippen molar-refractivity contribution in [1.82, 2.24) is 5.32 Å². The molecule has 0 saturated carbocycles. The second-order valence-electron chi connectivity index (χ2n) is 5.69. The van der Waals surface area contributed by atoms with Crippen LogP contribution in [0.2, 0.25) is 5.02 Å². The molecule has 2 aromatic carbocycles. The first-order valence-corrected chi connectivity index (χ1v) is 9.96. The van der Waals surface area contributed by atoms with Crippen LogP contribution in [-0.4, -0.2) is 33.2 Å². The molecule has 1 amide bonds. The average Bonchev–Trinajstić information content (AvgIpc) is 2.59. The van der Waals surface area contributed by atoms with Crippen molar-refractivity contribution in [2.75, 3.05) is 12.9 Å². The minimum Gasteiger partial charge on any atom is -0.452 e. The van der Waals surface area contributed by atoms with Crippen LogP contribution < -0.4 is 5.32 Å². The first-order valence-electron chi connectivity index (χ1n) is 7.69. The zero-order chi connectivity index (χ0) is 19.3. The molecule has 0 spiro atoms. The third-order valence-electron chi connectivity index (χ3n) is 3.60. The number of sulfone groups is 1. The summed E-state index contributed by atoms with van der Waals surface area (Å²) in [5.41, 5.74) is 0.801. The van der Waals surface area contributed by atoms with E-state index in [0.717, 1.165) is 17.9 Å². The summed E-state index contributed by atoms with van der Waals surface area (Å²) in [6, 6.07) is 12.8. The summed E-state index contributed by atoms with van der Waals surface area (Å²) in [6.07, 6.45) is 1.02. The molecule has 0 fully saturated rings. The predicted octanol–water partition coefficient (Wildman–Crippen LogP) is 2.78. The van der Waals surface area contributed by atoms with Gasteiger partial charge in [-0.1, -0.05) is 41.9 Å². The van der Waals surface area contributed by atoms with Crippen LogP contribution in [0, 0.1) is 0 Å². The highest BCUT2D eigenvalue weighted by atomic mass is 35.5. The first-order chi connectivity index (χ1) is 12.2. The van der Waals surface area contributed by atoms with E-state index in [4.69, 9.17) is 16.3 Å². The Morgan fingerprint density at radius 1 is 1.15 bits per heavy atom. The van der Waals surface area contributed by atoms with Crippen LogP contribution in [0.15, 0.2) is 53.4 Å². The number of esters is 1. The van der Waals surface area contributed by atoms with E-state index in [9.17, 15) is 18.0 Å². The summed E-state index contributed by atoms with van der Waals surface area (Å²) in [6.45, 7) is 1.30. The number of halogens is 1. The van der Waals surface area contributed by atoms with Crippen molar-refractivity contribution in [2.24, 2.45) is 0 Å². The summed E-state index contributed by atoms with van der Waals surface area (Å²) < 4.78 is 28.1. The van der Waals surface area contributed by atoms with Gasteiger partial charge in [0.05, 0.1) is 21.5 Å². The Morgan fingerprint density at radius 3 is 2.42 bits per heavy atom. The fourth-order valence-corrected chi connectivity index (χ4v) is 3.05. The average molecular weight is 396 g/mol.